The molecule has 1 N–H and O–H groups in total. The van der Waals surface area contributed by atoms with Gasteiger partial charge in [-0.1, -0.05) is 30.3 Å². The summed E-state index contributed by atoms with van der Waals surface area (Å²) in [5.74, 6) is 1.37. The molecule has 134 valence electrons. The van der Waals surface area contributed by atoms with Crippen molar-refractivity contribution < 1.29 is 19.0 Å². The minimum Gasteiger partial charge on any atom is -0.493 e. The standard InChI is InChI=1S/C19H18N2O4S/c1-23-16-9-8-14(10-17(16)24-2)25-11-18(22)21-19-20-15(12-26-19)13-6-4-3-5-7-13/h3-10,12H,11H2,1-2H3,(H,20,21,22). The maximum absolute atomic E-state index is 12.1. The summed E-state index contributed by atoms with van der Waals surface area (Å²) in [5, 5.41) is 5.18. The smallest absolute Gasteiger partial charge is 0.264 e. The van der Waals surface area contributed by atoms with Crippen LogP contribution in [0.4, 0.5) is 5.13 Å². The zero-order valence-corrected chi connectivity index (χ0v) is 15.2. The van der Waals surface area contributed by atoms with Gasteiger partial charge in [0.15, 0.2) is 23.2 Å². The highest BCUT2D eigenvalue weighted by Gasteiger charge is 2.10. The predicted molar refractivity (Wildman–Crippen MR) is 101 cm³/mol. The lowest BCUT2D eigenvalue weighted by Gasteiger charge is -2.10. The molecule has 1 aromatic heterocycles. The van der Waals surface area contributed by atoms with Crippen molar-refractivity contribution in [3.8, 4) is 28.5 Å². The van der Waals surface area contributed by atoms with E-state index in [0.29, 0.717) is 22.4 Å². The quantitative estimate of drug-likeness (QED) is 0.684. The highest BCUT2D eigenvalue weighted by Crippen LogP contribution is 2.31. The molecule has 0 spiro atoms. The van der Waals surface area contributed by atoms with Gasteiger partial charge in [0.05, 0.1) is 19.9 Å². The molecule has 0 unspecified atom stereocenters. The summed E-state index contributed by atoms with van der Waals surface area (Å²) in [6, 6.07) is 14.9. The molecule has 3 rings (SSSR count). The number of hydrogen-bond donors (Lipinski definition) is 1. The first kappa shape index (κ1) is 17.8. The van der Waals surface area contributed by atoms with Crippen molar-refractivity contribution in [3.05, 3.63) is 53.9 Å². The first-order valence-electron chi connectivity index (χ1n) is 7.85. The zero-order chi connectivity index (χ0) is 18.4. The molecule has 0 saturated heterocycles. The molecule has 1 heterocycles. The Balaban J connectivity index is 1.57. The Labute approximate surface area is 155 Å². The van der Waals surface area contributed by atoms with E-state index in [1.165, 1.54) is 11.3 Å². The fourth-order valence-corrected chi connectivity index (χ4v) is 3.02. The van der Waals surface area contributed by atoms with Crippen molar-refractivity contribution in [1.29, 1.82) is 0 Å². The van der Waals surface area contributed by atoms with Crippen LogP contribution in [0.15, 0.2) is 53.9 Å². The third-order valence-electron chi connectivity index (χ3n) is 3.55. The van der Waals surface area contributed by atoms with E-state index in [0.717, 1.165) is 11.3 Å². The van der Waals surface area contributed by atoms with Crippen LogP contribution in [0.5, 0.6) is 17.2 Å². The van der Waals surface area contributed by atoms with E-state index in [1.807, 2.05) is 35.7 Å². The molecule has 6 nitrogen and oxygen atoms in total. The lowest BCUT2D eigenvalue weighted by Crippen LogP contribution is -2.20. The Morgan fingerprint density at radius 1 is 1.08 bits per heavy atom. The molecule has 0 saturated carbocycles. The van der Waals surface area contributed by atoms with Gasteiger partial charge in [-0.2, -0.15) is 0 Å². The average molecular weight is 370 g/mol. The minimum absolute atomic E-state index is 0.129. The summed E-state index contributed by atoms with van der Waals surface area (Å²) in [7, 11) is 3.10. The fraction of sp³-hybridized carbons (Fsp3) is 0.158. The summed E-state index contributed by atoms with van der Waals surface area (Å²) < 4.78 is 15.9. The maximum atomic E-state index is 12.1. The summed E-state index contributed by atoms with van der Waals surface area (Å²) in [6.07, 6.45) is 0. The van der Waals surface area contributed by atoms with E-state index in [2.05, 4.69) is 10.3 Å². The third kappa shape index (κ3) is 4.31. The van der Waals surface area contributed by atoms with Crippen LogP contribution in [0.25, 0.3) is 11.3 Å². The van der Waals surface area contributed by atoms with Crippen LogP contribution in [-0.4, -0.2) is 31.7 Å². The number of anilines is 1. The van der Waals surface area contributed by atoms with Crippen molar-refractivity contribution in [3.63, 3.8) is 0 Å². The molecule has 0 aliphatic carbocycles. The Kier molecular flexibility index (Phi) is 5.70. The number of benzene rings is 2. The molecule has 0 radical (unpaired) electrons. The van der Waals surface area contributed by atoms with Gasteiger partial charge < -0.3 is 14.2 Å². The van der Waals surface area contributed by atoms with Gasteiger partial charge in [-0.05, 0) is 12.1 Å². The third-order valence-corrected chi connectivity index (χ3v) is 4.30. The average Bonchev–Trinajstić information content (AvgIpc) is 3.15. The molecule has 26 heavy (non-hydrogen) atoms. The van der Waals surface area contributed by atoms with E-state index >= 15 is 0 Å². The van der Waals surface area contributed by atoms with Crippen LogP contribution < -0.4 is 19.5 Å². The van der Waals surface area contributed by atoms with E-state index < -0.39 is 0 Å². The summed E-state index contributed by atoms with van der Waals surface area (Å²) in [6.45, 7) is -0.129. The molecule has 0 bridgehead atoms. The van der Waals surface area contributed by atoms with Gasteiger partial charge in [-0.3, -0.25) is 10.1 Å². The molecule has 3 aromatic rings. The van der Waals surface area contributed by atoms with E-state index in [9.17, 15) is 4.79 Å². The molecule has 0 aliphatic rings. The number of rotatable bonds is 7. The SMILES string of the molecule is COc1ccc(OCC(=O)Nc2nc(-c3ccccc3)cs2)cc1OC. The van der Waals surface area contributed by atoms with Crippen molar-refractivity contribution in [2.75, 3.05) is 26.1 Å². The predicted octanol–water partition coefficient (Wildman–Crippen LogP) is 3.84. The van der Waals surface area contributed by atoms with Crippen LogP contribution in [0.3, 0.4) is 0 Å². The second-order valence-corrected chi connectivity index (χ2v) is 6.12. The number of amides is 1. The van der Waals surface area contributed by atoms with Crippen molar-refractivity contribution >= 4 is 22.4 Å². The first-order valence-corrected chi connectivity index (χ1v) is 8.73. The number of hydrogen-bond acceptors (Lipinski definition) is 6. The van der Waals surface area contributed by atoms with Gasteiger partial charge in [0.2, 0.25) is 0 Å². The van der Waals surface area contributed by atoms with Gasteiger partial charge in [0.1, 0.15) is 5.75 Å². The van der Waals surface area contributed by atoms with Crippen LogP contribution >= 0.6 is 11.3 Å². The number of ether oxygens (including phenoxy) is 3. The van der Waals surface area contributed by atoms with Crippen LogP contribution in [-0.2, 0) is 4.79 Å². The van der Waals surface area contributed by atoms with E-state index in [4.69, 9.17) is 14.2 Å². The monoisotopic (exact) mass is 370 g/mol. The molecule has 7 heteroatoms. The number of carbonyl (C=O) groups is 1. The van der Waals surface area contributed by atoms with Crippen molar-refractivity contribution in [1.82, 2.24) is 4.98 Å². The maximum Gasteiger partial charge on any atom is 0.264 e. The topological polar surface area (TPSA) is 69.7 Å². The molecule has 0 aliphatic heterocycles. The first-order chi connectivity index (χ1) is 12.7. The Morgan fingerprint density at radius 3 is 2.58 bits per heavy atom. The molecule has 0 atom stereocenters. The fourth-order valence-electron chi connectivity index (χ4n) is 2.28. The summed E-state index contributed by atoms with van der Waals surface area (Å²) in [4.78, 5) is 16.5. The Bertz CT molecular complexity index is 880. The Morgan fingerprint density at radius 2 is 1.85 bits per heavy atom. The van der Waals surface area contributed by atoms with E-state index in [-0.39, 0.29) is 12.5 Å². The normalized spacial score (nSPS) is 10.2. The minimum atomic E-state index is -0.284. The highest BCUT2D eigenvalue weighted by molar-refractivity contribution is 7.14. The molecule has 2 aromatic carbocycles. The zero-order valence-electron chi connectivity index (χ0n) is 14.4. The van der Waals surface area contributed by atoms with Crippen molar-refractivity contribution in [2.45, 2.75) is 0 Å². The van der Waals surface area contributed by atoms with E-state index in [1.54, 1.807) is 32.4 Å². The number of aromatic nitrogens is 1. The number of thiazole rings is 1. The Hall–Kier alpha value is -3.06. The van der Waals surface area contributed by atoms with Gasteiger partial charge in [0.25, 0.3) is 5.91 Å². The van der Waals surface area contributed by atoms with Gasteiger partial charge in [-0.15, -0.1) is 11.3 Å². The van der Waals surface area contributed by atoms with Crippen molar-refractivity contribution in [2.24, 2.45) is 0 Å². The lowest BCUT2D eigenvalue weighted by atomic mass is 10.2. The van der Waals surface area contributed by atoms with Gasteiger partial charge in [0, 0.05) is 17.0 Å². The highest BCUT2D eigenvalue weighted by atomic mass is 32.1. The second-order valence-electron chi connectivity index (χ2n) is 5.26. The molecule has 1 amide bonds. The number of methoxy groups -OCH3 is 2. The molecule has 0 fully saturated rings. The molecular formula is C19H18N2O4S. The van der Waals surface area contributed by atoms with Gasteiger partial charge >= 0.3 is 0 Å². The second kappa shape index (κ2) is 8.35. The van der Waals surface area contributed by atoms with Crippen LogP contribution in [0.2, 0.25) is 0 Å². The molecular weight excluding hydrogens is 352 g/mol. The summed E-state index contributed by atoms with van der Waals surface area (Å²) in [5.41, 5.74) is 1.83. The summed E-state index contributed by atoms with van der Waals surface area (Å²) >= 11 is 1.37. The van der Waals surface area contributed by atoms with Crippen LogP contribution in [0, 0.1) is 0 Å². The lowest BCUT2D eigenvalue weighted by molar-refractivity contribution is -0.118. The van der Waals surface area contributed by atoms with Crippen LogP contribution in [0.1, 0.15) is 0 Å². The number of nitrogens with one attached hydrogen (secondary N) is 1. The van der Waals surface area contributed by atoms with Gasteiger partial charge in [-0.25, -0.2) is 4.98 Å². The largest absolute Gasteiger partial charge is 0.493 e. The number of carbonyl (C=O) groups excluding carboxylic acids is 1. The number of nitrogens with zero attached hydrogens (tertiary/aromatic N) is 1.